The summed E-state index contributed by atoms with van der Waals surface area (Å²) in [6.07, 6.45) is 3.76. The normalized spacial score (nSPS) is 16.7. The Labute approximate surface area is 249 Å². The summed E-state index contributed by atoms with van der Waals surface area (Å²) in [5.74, 6) is 1.80. The third-order valence-electron chi connectivity index (χ3n) is 7.09. The number of likely N-dealkylation sites (N-methyl/N-ethyl adjacent to an activating group) is 1. The molecular weight excluding hydrogens is 552 g/mol. The highest BCUT2D eigenvalue weighted by Gasteiger charge is 2.36. The standard InChI is InChI=1S/C32H34N4O5S/c1-34-17-19-35(20-18-34)30(37)4-2-3-21-40-26-15-9-25(10-16-26)36-31(38)29(42-32(36)39)22-23-5-11-27(12-6-23)41-28-13-7-24(33)8-14-28/h5-16,22H,2-4,17-21,33H2,1H3. The summed E-state index contributed by atoms with van der Waals surface area (Å²) in [5.41, 5.74) is 7.63. The molecule has 3 aromatic rings. The SMILES string of the molecule is CN1CCN(C(=O)CCCCOc2ccc(N3C(=O)SC(=Cc4ccc(Oc5ccc(N)cc5)cc4)C3=O)cc2)CC1. The third-order valence-corrected chi connectivity index (χ3v) is 7.96. The summed E-state index contributed by atoms with van der Waals surface area (Å²) in [4.78, 5) is 43.8. The molecule has 0 bridgehead atoms. The zero-order chi connectivity index (χ0) is 29.5. The third kappa shape index (κ3) is 7.51. The molecule has 42 heavy (non-hydrogen) atoms. The number of ether oxygens (including phenoxy) is 2. The molecule has 3 aromatic carbocycles. The van der Waals surface area contributed by atoms with E-state index in [4.69, 9.17) is 15.2 Å². The van der Waals surface area contributed by atoms with Crippen LogP contribution in [0.3, 0.4) is 0 Å². The monoisotopic (exact) mass is 586 g/mol. The van der Waals surface area contributed by atoms with Crippen molar-refractivity contribution >= 4 is 46.3 Å². The van der Waals surface area contributed by atoms with Gasteiger partial charge in [-0.25, -0.2) is 4.90 Å². The van der Waals surface area contributed by atoms with E-state index < -0.39 is 0 Å². The van der Waals surface area contributed by atoms with Gasteiger partial charge in [0.15, 0.2) is 0 Å². The Balaban J connectivity index is 1.09. The Hall–Kier alpha value is -4.28. The van der Waals surface area contributed by atoms with Crippen molar-refractivity contribution in [3.05, 3.63) is 83.3 Å². The molecule has 0 aromatic heterocycles. The van der Waals surface area contributed by atoms with Gasteiger partial charge in [-0.3, -0.25) is 14.4 Å². The van der Waals surface area contributed by atoms with E-state index in [1.807, 2.05) is 17.0 Å². The van der Waals surface area contributed by atoms with Gasteiger partial charge in [0.05, 0.1) is 17.2 Å². The lowest BCUT2D eigenvalue weighted by atomic mass is 10.2. The number of carbonyl (C=O) groups excluding carboxylic acids is 3. The van der Waals surface area contributed by atoms with E-state index in [1.165, 1.54) is 4.90 Å². The highest BCUT2D eigenvalue weighted by molar-refractivity contribution is 8.19. The summed E-state index contributed by atoms with van der Waals surface area (Å²) >= 11 is 0.907. The molecule has 10 heteroatoms. The van der Waals surface area contributed by atoms with Crippen molar-refractivity contribution < 1.29 is 23.9 Å². The van der Waals surface area contributed by atoms with Gasteiger partial charge in [0.2, 0.25) is 5.91 Å². The number of piperazine rings is 1. The van der Waals surface area contributed by atoms with E-state index in [0.29, 0.717) is 46.6 Å². The Bertz CT molecular complexity index is 1430. The summed E-state index contributed by atoms with van der Waals surface area (Å²) in [6.45, 7) is 3.93. The van der Waals surface area contributed by atoms with Crippen molar-refractivity contribution in [3.8, 4) is 17.2 Å². The largest absolute Gasteiger partial charge is 0.494 e. The smallest absolute Gasteiger partial charge is 0.298 e. The van der Waals surface area contributed by atoms with Crippen LogP contribution in [0, 0.1) is 0 Å². The summed E-state index contributed by atoms with van der Waals surface area (Å²) in [7, 11) is 2.07. The predicted molar refractivity (Wildman–Crippen MR) is 166 cm³/mol. The molecule has 3 amide bonds. The van der Waals surface area contributed by atoms with Gasteiger partial charge >= 0.3 is 0 Å². The van der Waals surface area contributed by atoms with Gasteiger partial charge in [0.25, 0.3) is 11.1 Å². The van der Waals surface area contributed by atoms with Gasteiger partial charge in [-0.1, -0.05) is 12.1 Å². The minimum atomic E-state index is -0.370. The van der Waals surface area contributed by atoms with E-state index in [9.17, 15) is 14.4 Å². The number of rotatable bonds is 10. The number of hydrogen-bond donors (Lipinski definition) is 1. The average Bonchev–Trinajstić information content (AvgIpc) is 3.27. The fourth-order valence-corrected chi connectivity index (χ4v) is 5.46. The molecule has 2 N–H and O–H groups in total. The molecule has 2 heterocycles. The van der Waals surface area contributed by atoms with E-state index in [0.717, 1.165) is 56.3 Å². The van der Waals surface area contributed by atoms with Crippen LogP contribution >= 0.6 is 11.8 Å². The van der Waals surface area contributed by atoms with Crippen molar-refractivity contribution in [1.82, 2.24) is 9.80 Å². The molecule has 0 aliphatic carbocycles. The molecule has 0 saturated carbocycles. The molecule has 2 aliphatic heterocycles. The van der Waals surface area contributed by atoms with Crippen LogP contribution in [-0.2, 0) is 9.59 Å². The van der Waals surface area contributed by atoms with Crippen molar-refractivity contribution in [2.45, 2.75) is 19.3 Å². The number of unbranched alkanes of at least 4 members (excludes halogenated alkanes) is 1. The lowest BCUT2D eigenvalue weighted by Crippen LogP contribution is -2.47. The first-order chi connectivity index (χ1) is 20.4. The number of benzene rings is 3. The maximum atomic E-state index is 13.1. The molecule has 2 saturated heterocycles. The molecule has 0 unspecified atom stereocenters. The number of nitrogen functional groups attached to an aromatic ring is 1. The first-order valence-electron chi connectivity index (χ1n) is 14.0. The topological polar surface area (TPSA) is 105 Å². The Kier molecular flexibility index (Phi) is 9.45. The van der Waals surface area contributed by atoms with E-state index >= 15 is 0 Å². The highest BCUT2D eigenvalue weighted by Crippen LogP contribution is 2.36. The van der Waals surface area contributed by atoms with Gasteiger partial charge < -0.3 is 25.0 Å². The number of hydrogen-bond acceptors (Lipinski definition) is 8. The van der Waals surface area contributed by atoms with Crippen LogP contribution in [0.5, 0.6) is 17.2 Å². The molecule has 2 aliphatic rings. The Morgan fingerprint density at radius 3 is 2.14 bits per heavy atom. The maximum absolute atomic E-state index is 13.1. The number of nitrogens with two attached hydrogens (primary N) is 1. The number of amides is 3. The Morgan fingerprint density at radius 2 is 1.48 bits per heavy atom. The van der Waals surface area contributed by atoms with Crippen molar-refractivity contribution in [3.63, 3.8) is 0 Å². The number of carbonyl (C=O) groups is 3. The number of thioether (sulfide) groups is 1. The first kappa shape index (κ1) is 29.2. The zero-order valence-electron chi connectivity index (χ0n) is 23.5. The molecular formula is C32H34N4O5S. The lowest BCUT2D eigenvalue weighted by Gasteiger charge is -2.32. The second-order valence-corrected chi connectivity index (χ2v) is 11.2. The van der Waals surface area contributed by atoms with E-state index in [1.54, 1.807) is 66.7 Å². The van der Waals surface area contributed by atoms with Crippen LogP contribution in [0.25, 0.3) is 6.08 Å². The van der Waals surface area contributed by atoms with Crippen LogP contribution in [0.1, 0.15) is 24.8 Å². The summed E-state index contributed by atoms with van der Waals surface area (Å²) in [6, 6.07) is 21.3. The number of imide groups is 1. The average molecular weight is 587 g/mol. The highest BCUT2D eigenvalue weighted by atomic mass is 32.2. The summed E-state index contributed by atoms with van der Waals surface area (Å²) < 4.78 is 11.6. The van der Waals surface area contributed by atoms with Gasteiger partial charge in [-0.15, -0.1) is 0 Å². The maximum Gasteiger partial charge on any atom is 0.298 e. The molecule has 218 valence electrons. The van der Waals surface area contributed by atoms with Gasteiger partial charge in [0.1, 0.15) is 17.2 Å². The number of anilines is 2. The lowest BCUT2D eigenvalue weighted by molar-refractivity contribution is -0.132. The minimum Gasteiger partial charge on any atom is -0.494 e. The number of nitrogens with zero attached hydrogens (tertiary/aromatic N) is 3. The van der Waals surface area contributed by atoms with Crippen molar-refractivity contribution in [1.29, 1.82) is 0 Å². The van der Waals surface area contributed by atoms with Crippen LogP contribution in [0.2, 0.25) is 0 Å². The minimum absolute atomic E-state index is 0.207. The molecule has 9 nitrogen and oxygen atoms in total. The van der Waals surface area contributed by atoms with Crippen LogP contribution in [0.4, 0.5) is 16.2 Å². The van der Waals surface area contributed by atoms with Gasteiger partial charge in [-0.2, -0.15) is 0 Å². The van der Waals surface area contributed by atoms with Crippen LogP contribution in [-0.4, -0.2) is 66.7 Å². The molecule has 0 spiro atoms. The fourth-order valence-electron chi connectivity index (χ4n) is 4.62. The van der Waals surface area contributed by atoms with E-state index in [-0.39, 0.29) is 17.1 Å². The fraction of sp³-hybridized carbons (Fsp3) is 0.281. The second-order valence-electron chi connectivity index (χ2n) is 10.2. The molecule has 5 rings (SSSR count). The quantitative estimate of drug-likeness (QED) is 0.185. The van der Waals surface area contributed by atoms with Gasteiger partial charge in [-0.05, 0) is 104 Å². The summed E-state index contributed by atoms with van der Waals surface area (Å²) in [5, 5.41) is -0.353. The Morgan fingerprint density at radius 1 is 0.857 bits per heavy atom. The van der Waals surface area contributed by atoms with E-state index in [2.05, 4.69) is 11.9 Å². The van der Waals surface area contributed by atoms with Crippen LogP contribution < -0.4 is 20.1 Å². The van der Waals surface area contributed by atoms with Crippen LogP contribution in [0.15, 0.2) is 77.7 Å². The van der Waals surface area contributed by atoms with Crippen molar-refractivity contribution in [2.24, 2.45) is 0 Å². The molecule has 2 fully saturated rings. The molecule has 0 radical (unpaired) electrons. The second kappa shape index (κ2) is 13.6. The molecule has 0 atom stereocenters. The zero-order valence-corrected chi connectivity index (χ0v) is 24.3. The van der Waals surface area contributed by atoms with Crippen molar-refractivity contribution in [2.75, 3.05) is 50.5 Å². The first-order valence-corrected chi connectivity index (χ1v) is 14.8. The van der Waals surface area contributed by atoms with Gasteiger partial charge in [0, 0.05) is 38.3 Å². The predicted octanol–water partition coefficient (Wildman–Crippen LogP) is 5.63.